The number of carbonyl (C=O) groups is 3. The van der Waals surface area contributed by atoms with Crippen LogP contribution >= 0.6 is 0 Å². The zero-order valence-electron chi connectivity index (χ0n) is 19.9. The maximum absolute atomic E-state index is 11.1. The molecule has 0 radical (unpaired) electrons. The SMILES string of the molecule is C=C(C)C(=O)OCC(CC)CCCC.C=C(C)C(=O)OCc1ccccc1.C=CC(=O)O. The first-order chi connectivity index (χ1) is 15.1. The smallest absolute Gasteiger partial charge is 0.333 e. The van der Waals surface area contributed by atoms with Crippen LogP contribution < -0.4 is 0 Å². The number of ether oxygens (including phenoxy) is 2. The van der Waals surface area contributed by atoms with Gasteiger partial charge in [0.1, 0.15) is 6.61 Å². The van der Waals surface area contributed by atoms with E-state index in [9.17, 15) is 14.4 Å². The van der Waals surface area contributed by atoms with E-state index in [0.29, 0.717) is 30.3 Å². The first-order valence-corrected chi connectivity index (χ1v) is 10.6. The van der Waals surface area contributed by atoms with Crippen LogP contribution in [0.25, 0.3) is 0 Å². The Morgan fingerprint density at radius 2 is 1.50 bits per heavy atom. The molecule has 0 aliphatic heterocycles. The minimum Gasteiger partial charge on any atom is -0.478 e. The molecule has 32 heavy (non-hydrogen) atoms. The number of carboxylic acids is 1. The Bertz CT molecular complexity index is 721. The lowest BCUT2D eigenvalue weighted by molar-refractivity contribution is -0.141. The number of carboxylic acid groups (broad SMARTS) is 1. The molecule has 0 aliphatic carbocycles. The number of carbonyl (C=O) groups excluding carboxylic acids is 2. The van der Waals surface area contributed by atoms with Crippen LogP contribution in [0.1, 0.15) is 58.9 Å². The quantitative estimate of drug-likeness (QED) is 0.337. The van der Waals surface area contributed by atoms with Crippen LogP contribution in [0.5, 0.6) is 0 Å². The van der Waals surface area contributed by atoms with Crippen LogP contribution in [0, 0.1) is 5.92 Å². The summed E-state index contributed by atoms with van der Waals surface area (Å²) in [4.78, 5) is 31.4. The van der Waals surface area contributed by atoms with Gasteiger partial charge in [-0.15, -0.1) is 0 Å². The van der Waals surface area contributed by atoms with Crippen molar-refractivity contribution in [1.29, 1.82) is 0 Å². The van der Waals surface area contributed by atoms with Crippen molar-refractivity contribution >= 4 is 17.9 Å². The number of esters is 2. The molecule has 1 aromatic rings. The van der Waals surface area contributed by atoms with Gasteiger partial charge in [0.15, 0.2) is 0 Å². The average Bonchev–Trinajstić information content (AvgIpc) is 2.78. The summed E-state index contributed by atoms with van der Waals surface area (Å²) in [5, 5.41) is 7.60. The Kier molecular flexibility index (Phi) is 19.2. The molecule has 6 nitrogen and oxygen atoms in total. The van der Waals surface area contributed by atoms with Gasteiger partial charge < -0.3 is 14.6 Å². The summed E-state index contributed by atoms with van der Waals surface area (Å²) in [5.41, 5.74) is 1.89. The number of aliphatic carboxylic acids is 1. The van der Waals surface area contributed by atoms with Crippen LogP contribution in [-0.4, -0.2) is 29.6 Å². The predicted molar refractivity (Wildman–Crippen MR) is 128 cm³/mol. The molecule has 0 bridgehead atoms. The second kappa shape index (κ2) is 19.8. The standard InChI is InChI=1S/C12H22O2.C11H12O2.C3H4O2/c1-5-7-8-11(6-2)9-14-12(13)10(3)4;1-9(2)11(12)13-8-10-6-4-3-5-7-10;1-2-3(4)5/h11H,3,5-9H2,1-2,4H3;3-7H,1,8H2,2H3;2H,1H2,(H,4,5). The fraction of sp³-hybridized carbons (Fsp3) is 0.423. The summed E-state index contributed by atoms with van der Waals surface area (Å²) in [5.74, 6) is -1.08. The minimum atomic E-state index is -0.981. The molecule has 0 heterocycles. The number of rotatable bonds is 11. The van der Waals surface area contributed by atoms with Crippen molar-refractivity contribution in [3.63, 3.8) is 0 Å². The zero-order chi connectivity index (χ0) is 24.9. The lowest BCUT2D eigenvalue weighted by atomic mass is 10.0. The van der Waals surface area contributed by atoms with Gasteiger partial charge in [-0.05, 0) is 31.7 Å². The Morgan fingerprint density at radius 1 is 1.00 bits per heavy atom. The third-order valence-corrected chi connectivity index (χ3v) is 4.08. The van der Waals surface area contributed by atoms with Gasteiger partial charge in [-0.25, -0.2) is 14.4 Å². The fourth-order valence-electron chi connectivity index (χ4n) is 2.06. The molecule has 6 heteroatoms. The van der Waals surface area contributed by atoms with E-state index in [-0.39, 0.29) is 11.9 Å². The van der Waals surface area contributed by atoms with Crippen molar-refractivity contribution < 1.29 is 29.0 Å². The molecule has 1 rings (SSSR count). The Morgan fingerprint density at radius 3 is 1.91 bits per heavy atom. The fourth-order valence-corrected chi connectivity index (χ4v) is 2.06. The van der Waals surface area contributed by atoms with E-state index < -0.39 is 5.97 Å². The normalized spacial score (nSPS) is 10.1. The highest BCUT2D eigenvalue weighted by Crippen LogP contribution is 2.13. The first kappa shape index (κ1) is 31.0. The molecule has 1 aromatic carbocycles. The second-order valence-corrected chi connectivity index (χ2v) is 7.18. The van der Waals surface area contributed by atoms with Crippen molar-refractivity contribution in [2.45, 2.75) is 60.0 Å². The summed E-state index contributed by atoms with van der Waals surface area (Å²) in [6, 6.07) is 9.55. The molecule has 0 saturated carbocycles. The number of benzene rings is 1. The second-order valence-electron chi connectivity index (χ2n) is 7.18. The Balaban J connectivity index is 0. The van der Waals surface area contributed by atoms with Crippen LogP contribution in [0.2, 0.25) is 0 Å². The molecule has 1 atom stereocenters. The third kappa shape index (κ3) is 18.9. The van der Waals surface area contributed by atoms with E-state index in [1.807, 2.05) is 30.3 Å². The summed E-state index contributed by atoms with van der Waals surface area (Å²) in [6.07, 6.45) is 5.47. The van der Waals surface area contributed by atoms with Gasteiger partial charge in [0.2, 0.25) is 0 Å². The topological polar surface area (TPSA) is 89.9 Å². The Labute approximate surface area is 192 Å². The minimum absolute atomic E-state index is 0.264. The average molecular weight is 447 g/mol. The summed E-state index contributed by atoms with van der Waals surface area (Å²) >= 11 is 0. The molecule has 1 unspecified atom stereocenters. The van der Waals surface area contributed by atoms with E-state index in [2.05, 4.69) is 33.6 Å². The van der Waals surface area contributed by atoms with Crippen LogP contribution in [0.4, 0.5) is 0 Å². The van der Waals surface area contributed by atoms with Crippen molar-refractivity contribution in [3.05, 3.63) is 72.9 Å². The van der Waals surface area contributed by atoms with E-state index in [0.717, 1.165) is 24.5 Å². The maximum Gasteiger partial charge on any atom is 0.333 e. The van der Waals surface area contributed by atoms with Crippen LogP contribution in [0.3, 0.4) is 0 Å². The molecule has 0 aromatic heterocycles. The van der Waals surface area contributed by atoms with Crippen molar-refractivity contribution in [2.24, 2.45) is 5.92 Å². The summed E-state index contributed by atoms with van der Waals surface area (Å²) in [7, 11) is 0. The van der Waals surface area contributed by atoms with Crippen LogP contribution in [0.15, 0.2) is 67.3 Å². The van der Waals surface area contributed by atoms with E-state index in [1.165, 1.54) is 12.8 Å². The zero-order valence-corrected chi connectivity index (χ0v) is 19.9. The third-order valence-electron chi connectivity index (χ3n) is 4.08. The highest BCUT2D eigenvalue weighted by Gasteiger charge is 2.09. The molecule has 0 spiro atoms. The largest absolute Gasteiger partial charge is 0.478 e. The number of hydrogen-bond acceptors (Lipinski definition) is 5. The molecule has 0 aliphatic rings. The van der Waals surface area contributed by atoms with Gasteiger partial charge in [0.25, 0.3) is 0 Å². The summed E-state index contributed by atoms with van der Waals surface area (Å²) in [6.45, 7) is 18.5. The molecule has 1 N–H and O–H groups in total. The monoisotopic (exact) mass is 446 g/mol. The van der Waals surface area contributed by atoms with Crippen molar-refractivity contribution in [2.75, 3.05) is 6.61 Å². The molecule has 0 saturated heterocycles. The molecule has 0 fully saturated rings. The summed E-state index contributed by atoms with van der Waals surface area (Å²) < 4.78 is 10.1. The molecular weight excluding hydrogens is 408 g/mol. The predicted octanol–water partition coefficient (Wildman–Crippen LogP) is 5.89. The van der Waals surface area contributed by atoms with Crippen molar-refractivity contribution in [1.82, 2.24) is 0 Å². The Hall–Kier alpha value is -3.15. The highest BCUT2D eigenvalue weighted by molar-refractivity contribution is 5.87. The lowest BCUT2D eigenvalue weighted by Crippen LogP contribution is -2.14. The van der Waals surface area contributed by atoms with E-state index >= 15 is 0 Å². The molecule has 178 valence electrons. The number of unbranched alkanes of at least 4 members (excludes halogenated alkanes) is 1. The van der Waals surface area contributed by atoms with Gasteiger partial charge in [-0.1, -0.05) is 83.2 Å². The highest BCUT2D eigenvalue weighted by atomic mass is 16.5. The maximum atomic E-state index is 11.1. The van der Waals surface area contributed by atoms with Gasteiger partial charge in [-0.3, -0.25) is 0 Å². The first-order valence-electron chi connectivity index (χ1n) is 10.6. The van der Waals surface area contributed by atoms with Crippen LogP contribution in [-0.2, 0) is 30.5 Å². The number of hydrogen-bond donors (Lipinski definition) is 1. The van der Waals surface area contributed by atoms with Gasteiger partial charge in [-0.2, -0.15) is 0 Å². The van der Waals surface area contributed by atoms with Gasteiger partial charge in [0, 0.05) is 17.2 Å². The lowest BCUT2D eigenvalue weighted by Gasteiger charge is -2.14. The van der Waals surface area contributed by atoms with Crippen molar-refractivity contribution in [3.8, 4) is 0 Å². The molecular formula is C26H38O6. The van der Waals surface area contributed by atoms with E-state index in [4.69, 9.17) is 14.6 Å². The van der Waals surface area contributed by atoms with Gasteiger partial charge in [0.05, 0.1) is 6.61 Å². The van der Waals surface area contributed by atoms with E-state index in [1.54, 1.807) is 13.8 Å². The molecule has 0 amide bonds. The van der Waals surface area contributed by atoms with Gasteiger partial charge >= 0.3 is 17.9 Å².